The minimum atomic E-state index is 0.317. The summed E-state index contributed by atoms with van der Waals surface area (Å²) >= 11 is 3.52. The van der Waals surface area contributed by atoms with Gasteiger partial charge in [0.1, 0.15) is 0 Å². The third-order valence-electron chi connectivity index (χ3n) is 3.24. The van der Waals surface area contributed by atoms with Crippen molar-refractivity contribution in [3.63, 3.8) is 0 Å². The molecule has 0 saturated carbocycles. The molecule has 3 nitrogen and oxygen atoms in total. The third-order valence-corrected chi connectivity index (χ3v) is 3.73. The normalized spacial score (nSPS) is 12.2. The fourth-order valence-electron chi connectivity index (χ4n) is 2.20. The van der Waals surface area contributed by atoms with Crippen LogP contribution in [0.1, 0.15) is 30.5 Å². The van der Waals surface area contributed by atoms with Gasteiger partial charge in [0.2, 0.25) is 5.88 Å². The Morgan fingerprint density at radius 3 is 2.85 bits per heavy atom. The van der Waals surface area contributed by atoms with Crippen LogP contribution in [0.4, 0.5) is 0 Å². The number of hydrogen-bond donors (Lipinski definition) is 1. The predicted octanol–water partition coefficient (Wildman–Crippen LogP) is 4.09. The van der Waals surface area contributed by atoms with E-state index in [0.29, 0.717) is 11.9 Å². The van der Waals surface area contributed by atoms with Crippen LogP contribution in [0.3, 0.4) is 0 Å². The van der Waals surface area contributed by atoms with Crippen LogP contribution in [0.15, 0.2) is 47.1 Å². The lowest BCUT2D eigenvalue weighted by Crippen LogP contribution is -2.20. The number of benzene rings is 1. The van der Waals surface area contributed by atoms with Crippen LogP contribution in [0, 0.1) is 0 Å². The number of nitrogens with one attached hydrogen (secondary N) is 1. The molecule has 20 heavy (non-hydrogen) atoms. The maximum absolute atomic E-state index is 5.28. The number of aromatic nitrogens is 1. The Labute approximate surface area is 128 Å². The second-order valence-electron chi connectivity index (χ2n) is 4.57. The van der Waals surface area contributed by atoms with Crippen molar-refractivity contribution in [3.05, 3.63) is 58.2 Å². The molecule has 0 amide bonds. The van der Waals surface area contributed by atoms with Gasteiger partial charge in [-0.1, -0.05) is 41.1 Å². The van der Waals surface area contributed by atoms with E-state index >= 15 is 0 Å². The number of hydrogen-bond acceptors (Lipinski definition) is 3. The molecule has 2 aromatic rings. The van der Waals surface area contributed by atoms with Gasteiger partial charge in [-0.15, -0.1) is 0 Å². The molecule has 0 fully saturated rings. The van der Waals surface area contributed by atoms with E-state index in [4.69, 9.17) is 4.74 Å². The molecule has 0 aliphatic rings. The summed E-state index contributed by atoms with van der Waals surface area (Å²) in [6, 6.07) is 12.7. The van der Waals surface area contributed by atoms with Crippen molar-refractivity contribution in [2.24, 2.45) is 0 Å². The van der Waals surface area contributed by atoms with Crippen LogP contribution in [0.5, 0.6) is 5.88 Å². The SMILES string of the molecule is CCC(NCc1cccnc1OC)c1cccc(Br)c1. The van der Waals surface area contributed by atoms with Crippen molar-refractivity contribution in [2.75, 3.05) is 7.11 Å². The summed E-state index contributed by atoms with van der Waals surface area (Å²) in [5, 5.41) is 3.56. The highest BCUT2D eigenvalue weighted by Gasteiger charge is 2.10. The van der Waals surface area contributed by atoms with Gasteiger partial charge in [-0.2, -0.15) is 0 Å². The van der Waals surface area contributed by atoms with Crippen molar-refractivity contribution < 1.29 is 4.74 Å². The highest BCUT2D eigenvalue weighted by atomic mass is 79.9. The fraction of sp³-hybridized carbons (Fsp3) is 0.312. The van der Waals surface area contributed by atoms with Gasteiger partial charge in [-0.3, -0.25) is 0 Å². The quantitative estimate of drug-likeness (QED) is 0.863. The van der Waals surface area contributed by atoms with Crippen LogP contribution in [0.2, 0.25) is 0 Å². The van der Waals surface area contributed by atoms with Crippen molar-refractivity contribution in [1.29, 1.82) is 0 Å². The molecule has 0 aliphatic heterocycles. The summed E-state index contributed by atoms with van der Waals surface area (Å²) < 4.78 is 6.38. The number of ether oxygens (including phenoxy) is 1. The predicted molar refractivity (Wildman–Crippen MR) is 84.8 cm³/mol. The molecule has 0 saturated heterocycles. The zero-order valence-electron chi connectivity index (χ0n) is 11.8. The average molecular weight is 335 g/mol. The molecule has 1 atom stereocenters. The summed E-state index contributed by atoms with van der Waals surface area (Å²) in [5.74, 6) is 0.684. The summed E-state index contributed by atoms with van der Waals surface area (Å²) in [4.78, 5) is 4.22. The number of methoxy groups -OCH3 is 1. The molecule has 0 radical (unpaired) electrons. The first kappa shape index (κ1) is 15.0. The van der Waals surface area contributed by atoms with E-state index in [2.05, 4.69) is 51.4 Å². The van der Waals surface area contributed by atoms with Crippen LogP contribution >= 0.6 is 15.9 Å². The molecular formula is C16H19BrN2O. The maximum atomic E-state index is 5.28. The molecule has 0 aliphatic carbocycles. The summed E-state index contributed by atoms with van der Waals surface area (Å²) in [6.07, 6.45) is 2.77. The van der Waals surface area contributed by atoms with Crippen molar-refractivity contribution in [2.45, 2.75) is 25.9 Å². The summed E-state index contributed by atoms with van der Waals surface area (Å²) in [5.41, 5.74) is 2.35. The number of nitrogens with zero attached hydrogens (tertiary/aromatic N) is 1. The lowest BCUT2D eigenvalue weighted by Gasteiger charge is -2.18. The molecule has 1 heterocycles. The topological polar surface area (TPSA) is 34.2 Å². The molecule has 1 aromatic heterocycles. The smallest absolute Gasteiger partial charge is 0.217 e. The molecular weight excluding hydrogens is 316 g/mol. The Kier molecular flexibility index (Phi) is 5.56. The Balaban J connectivity index is 2.08. The van der Waals surface area contributed by atoms with E-state index in [1.54, 1.807) is 13.3 Å². The second kappa shape index (κ2) is 7.41. The van der Waals surface area contributed by atoms with Gasteiger partial charge in [-0.05, 0) is 30.2 Å². The third kappa shape index (κ3) is 3.81. The minimum Gasteiger partial charge on any atom is -0.481 e. The number of rotatable bonds is 6. The minimum absolute atomic E-state index is 0.317. The van der Waals surface area contributed by atoms with E-state index < -0.39 is 0 Å². The first-order chi connectivity index (χ1) is 9.74. The highest BCUT2D eigenvalue weighted by molar-refractivity contribution is 9.10. The molecule has 0 spiro atoms. The van der Waals surface area contributed by atoms with E-state index in [-0.39, 0.29) is 0 Å². The molecule has 2 rings (SSSR count). The van der Waals surface area contributed by atoms with Crippen molar-refractivity contribution >= 4 is 15.9 Å². The van der Waals surface area contributed by atoms with E-state index in [9.17, 15) is 0 Å². The zero-order chi connectivity index (χ0) is 14.4. The largest absolute Gasteiger partial charge is 0.481 e. The molecule has 1 aromatic carbocycles. The van der Waals surface area contributed by atoms with Gasteiger partial charge in [0.05, 0.1) is 7.11 Å². The highest BCUT2D eigenvalue weighted by Crippen LogP contribution is 2.22. The van der Waals surface area contributed by atoms with Crippen LogP contribution in [0.25, 0.3) is 0 Å². The first-order valence-electron chi connectivity index (χ1n) is 6.71. The molecule has 106 valence electrons. The van der Waals surface area contributed by atoms with E-state index in [1.807, 2.05) is 18.2 Å². The van der Waals surface area contributed by atoms with Gasteiger partial charge in [0.15, 0.2) is 0 Å². The van der Waals surface area contributed by atoms with Crippen LogP contribution in [-0.4, -0.2) is 12.1 Å². The maximum Gasteiger partial charge on any atom is 0.217 e. The van der Waals surface area contributed by atoms with Crippen LogP contribution in [-0.2, 0) is 6.54 Å². The molecule has 1 N–H and O–H groups in total. The van der Waals surface area contributed by atoms with Gasteiger partial charge >= 0.3 is 0 Å². The molecule has 0 bridgehead atoms. The molecule has 4 heteroatoms. The van der Waals surface area contributed by atoms with E-state index in [0.717, 1.165) is 23.0 Å². The lowest BCUT2D eigenvalue weighted by molar-refractivity contribution is 0.388. The Morgan fingerprint density at radius 2 is 2.15 bits per heavy atom. The van der Waals surface area contributed by atoms with Crippen molar-refractivity contribution in [1.82, 2.24) is 10.3 Å². The monoisotopic (exact) mass is 334 g/mol. The lowest BCUT2D eigenvalue weighted by atomic mass is 10.0. The van der Waals surface area contributed by atoms with Crippen molar-refractivity contribution in [3.8, 4) is 5.88 Å². The zero-order valence-corrected chi connectivity index (χ0v) is 13.4. The van der Waals surface area contributed by atoms with Gasteiger partial charge in [-0.25, -0.2) is 4.98 Å². The van der Waals surface area contributed by atoms with E-state index in [1.165, 1.54) is 5.56 Å². The number of pyridine rings is 1. The Bertz CT molecular complexity index is 560. The molecule has 1 unspecified atom stereocenters. The average Bonchev–Trinajstić information content (AvgIpc) is 2.48. The fourth-order valence-corrected chi connectivity index (χ4v) is 2.61. The first-order valence-corrected chi connectivity index (χ1v) is 7.50. The standard InChI is InChI=1S/C16H19BrN2O/c1-3-15(12-6-4-8-14(17)10-12)19-11-13-7-5-9-18-16(13)20-2/h4-10,15,19H,3,11H2,1-2H3. The van der Waals surface area contributed by atoms with Crippen LogP contribution < -0.4 is 10.1 Å². The van der Waals surface area contributed by atoms with Gasteiger partial charge in [0.25, 0.3) is 0 Å². The second-order valence-corrected chi connectivity index (χ2v) is 5.48. The number of halogens is 1. The Morgan fingerprint density at radius 1 is 1.30 bits per heavy atom. The van der Waals surface area contributed by atoms with Gasteiger partial charge in [0, 0.05) is 28.8 Å². The summed E-state index contributed by atoms with van der Waals surface area (Å²) in [6.45, 7) is 2.92. The van der Waals surface area contributed by atoms with Gasteiger partial charge < -0.3 is 10.1 Å². The Hall–Kier alpha value is -1.39. The summed E-state index contributed by atoms with van der Waals surface area (Å²) in [7, 11) is 1.65.